The van der Waals surface area contributed by atoms with Crippen molar-refractivity contribution in [2.75, 3.05) is 24.8 Å². The predicted octanol–water partition coefficient (Wildman–Crippen LogP) is 4.06. The molecule has 1 amide bonds. The molecule has 11 nitrogen and oxygen atoms in total. The van der Waals surface area contributed by atoms with Gasteiger partial charge >= 0.3 is 12.1 Å². The minimum atomic E-state index is -4.46. The van der Waals surface area contributed by atoms with Gasteiger partial charge in [0.15, 0.2) is 18.3 Å². The van der Waals surface area contributed by atoms with Gasteiger partial charge in [-0.15, -0.1) is 0 Å². The zero-order valence-electron chi connectivity index (χ0n) is 23.1. The van der Waals surface area contributed by atoms with Crippen molar-refractivity contribution >= 4 is 17.7 Å². The van der Waals surface area contributed by atoms with Gasteiger partial charge in [0.1, 0.15) is 12.6 Å². The van der Waals surface area contributed by atoms with E-state index in [4.69, 9.17) is 9.47 Å². The Morgan fingerprint density at radius 2 is 1.93 bits per heavy atom. The van der Waals surface area contributed by atoms with Gasteiger partial charge in [-0.2, -0.15) is 18.3 Å². The van der Waals surface area contributed by atoms with Crippen LogP contribution in [0.25, 0.3) is 11.4 Å². The third-order valence-corrected chi connectivity index (χ3v) is 6.52. The highest BCUT2D eigenvalue weighted by atomic mass is 19.4. The molecule has 1 aliphatic heterocycles. The lowest BCUT2D eigenvalue weighted by molar-refractivity contribution is -0.159. The number of esters is 1. The van der Waals surface area contributed by atoms with E-state index in [0.29, 0.717) is 42.9 Å². The Labute approximate surface area is 235 Å². The first kappa shape index (κ1) is 30.1. The number of carbonyl (C=O) groups is 2. The quantitative estimate of drug-likeness (QED) is 0.195. The van der Waals surface area contributed by atoms with E-state index in [0.717, 1.165) is 12.1 Å². The molecule has 222 valence electrons. The molecule has 41 heavy (non-hydrogen) atoms. The van der Waals surface area contributed by atoms with Gasteiger partial charge in [0.05, 0.1) is 23.9 Å². The van der Waals surface area contributed by atoms with Gasteiger partial charge in [-0.05, 0) is 37.5 Å². The predicted molar refractivity (Wildman–Crippen MR) is 141 cm³/mol. The number of rotatable bonds is 12. The number of nitrogens with zero attached hydrogens (tertiary/aromatic N) is 6. The summed E-state index contributed by atoms with van der Waals surface area (Å²) in [7, 11) is 0. The number of benzene rings is 1. The van der Waals surface area contributed by atoms with Gasteiger partial charge in [0.2, 0.25) is 6.35 Å². The lowest BCUT2D eigenvalue weighted by atomic mass is 10.1. The summed E-state index contributed by atoms with van der Waals surface area (Å²) >= 11 is 0. The van der Waals surface area contributed by atoms with Gasteiger partial charge in [-0.3, -0.25) is 23.7 Å². The number of alkyl halides is 3. The van der Waals surface area contributed by atoms with E-state index in [1.807, 2.05) is 20.8 Å². The summed E-state index contributed by atoms with van der Waals surface area (Å²) in [6.45, 7) is 5.74. The van der Waals surface area contributed by atoms with Crippen molar-refractivity contribution in [1.82, 2.24) is 24.2 Å². The minimum Gasteiger partial charge on any atom is -0.438 e. The van der Waals surface area contributed by atoms with Crippen molar-refractivity contribution in [1.29, 1.82) is 0 Å². The Balaban J connectivity index is 1.68. The Morgan fingerprint density at radius 3 is 2.61 bits per heavy atom. The number of aliphatic hydroxyl groups is 1. The normalized spacial score (nSPS) is 15.4. The molecule has 1 aromatic carbocycles. The SMILES string of the molecule is CCCC(=O)OCOCn1c(-c2cnn(Cc3cccc(C(F)(F)F)c3)c2)nc2c1C(=O)N(CCC)C(O)N2CC. The summed E-state index contributed by atoms with van der Waals surface area (Å²) in [4.78, 5) is 32.9. The number of fused-ring (bicyclic) bond motifs is 1. The van der Waals surface area contributed by atoms with E-state index in [1.54, 1.807) is 17.2 Å². The van der Waals surface area contributed by atoms with Gasteiger partial charge in [0.25, 0.3) is 5.91 Å². The van der Waals surface area contributed by atoms with Crippen LogP contribution in [0.1, 0.15) is 61.6 Å². The molecule has 3 heterocycles. The maximum atomic E-state index is 13.6. The highest BCUT2D eigenvalue weighted by Gasteiger charge is 2.40. The number of amides is 1. The molecule has 0 radical (unpaired) electrons. The van der Waals surface area contributed by atoms with E-state index >= 15 is 0 Å². The standard InChI is InChI=1S/C27H33F3N6O5/c1-4-8-21(37)41-17-40-16-36-22-24(34(6-3)26(39)35(11-5-2)25(22)38)32-23(36)19-13-31-33(15-19)14-18-9-7-10-20(12-18)27(28,29)30/h7,9-10,12-13,15,26,39H,4-6,8,11,14,16-17H2,1-3H3. The monoisotopic (exact) mass is 578 g/mol. The van der Waals surface area contributed by atoms with Crippen LogP contribution in [0, 0.1) is 0 Å². The van der Waals surface area contributed by atoms with Crippen LogP contribution >= 0.6 is 0 Å². The first-order chi connectivity index (χ1) is 19.6. The Kier molecular flexibility index (Phi) is 9.33. The average molecular weight is 579 g/mol. The van der Waals surface area contributed by atoms with E-state index in [2.05, 4.69) is 10.1 Å². The number of aromatic nitrogens is 4. The van der Waals surface area contributed by atoms with Crippen LogP contribution in [0.15, 0.2) is 36.7 Å². The summed E-state index contributed by atoms with van der Waals surface area (Å²) < 4.78 is 53.2. The summed E-state index contributed by atoms with van der Waals surface area (Å²) in [5.74, 6) is -0.311. The summed E-state index contributed by atoms with van der Waals surface area (Å²) in [6.07, 6.45) is -1.10. The van der Waals surface area contributed by atoms with E-state index in [1.165, 1.54) is 26.4 Å². The molecule has 14 heteroatoms. The van der Waals surface area contributed by atoms with E-state index in [9.17, 15) is 27.9 Å². The first-order valence-corrected chi connectivity index (χ1v) is 13.4. The zero-order chi connectivity index (χ0) is 29.7. The fourth-order valence-corrected chi connectivity index (χ4v) is 4.60. The topological polar surface area (TPSA) is 115 Å². The first-order valence-electron chi connectivity index (χ1n) is 13.4. The molecule has 2 aromatic heterocycles. The number of ether oxygens (including phenoxy) is 2. The molecule has 0 aliphatic carbocycles. The van der Waals surface area contributed by atoms with E-state index in [-0.39, 0.29) is 38.0 Å². The van der Waals surface area contributed by atoms with Crippen molar-refractivity contribution in [3.8, 4) is 11.4 Å². The molecule has 1 aliphatic rings. The van der Waals surface area contributed by atoms with Crippen LogP contribution in [-0.2, 0) is 33.7 Å². The van der Waals surface area contributed by atoms with Crippen LogP contribution in [0.2, 0.25) is 0 Å². The molecular weight excluding hydrogens is 545 g/mol. The maximum Gasteiger partial charge on any atom is 0.416 e. The molecular formula is C27H33F3N6O5. The van der Waals surface area contributed by atoms with Crippen molar-refractivity contribution in [2.45, 2.75) is 65.8 Å². The van der Waals surface area contributed by atoms with Crippen LogP contribution in [0.5, 0.6) is 0 Å². The highest BCUT2D eigenvalue weighted by molar-refractivity contribution is 6.00. The van der Waals surface area contributed by atoms with Gasteiger partial charge in [-0.1, -0.05) is 26.0 Å². The largest absolute Gasteiger partial charge is 0.438 e. The van der Waals surface area contributed by atoms with Crippen LogP contribution in [-0.4, -0.2) is 67.4 Å². The molecule has 0 spiro atoms. The fourth-order valence-electron chi connectivity index (χ4n) is 4.60. The zero-order valence-corrected chi connectivity index (χ0v) is 23.1. The molecule has 0 saturated carbocycles. The van der Waals surface area contributed by atoms with Gasteiger partial charge in [-0.25, -0.2) is 4.98 Å². The van der Waals surface area contributed by atoms with Crippen LogP contribution < -0.4 is 4.90 Å². The fraction of sp³-hybridized carbons (Fsp3) is 0.481. The third kappa shape index (κ3) is 6.54. The number of hydrogen-bond donors (Lipinski definition) is 1. The maximum absolute atomic E-state index is 13.6. The van der Waals surface area contributed by atoms with Gasteiger partial charge < -0.3 is 19.5 Å². The lowest BCUT2D eigenvalue weighted by Gasteiger charge is -2.40. The number of anilines is 1. The number of halogens is 3. The molecule has 1 unspecified atom stereocenters. The average Bonchev–Trinajstić information content (AvgIpc) is 3.54. The third-order valence-electron chi connectivity index (χ3n) is 6.52. The molecule has 4 rings (SSSR count). The summed E-state index contributed by atoms with van der Waals surface area (Å²) in [5.41, 5.74) is 0.306. The van der Waals surface area contributed by atoms with Crippen molar-refractivity contribution in [3.05, 3.63) is 53.5 Å². The molecule has 0 bridgehead atoms. The Morgan fingerprint density at radius 1 is 1.15 bits per heavy atom. The molecule has 0 fully saturated rings. The van der Waals surface area contributed by atoms with Crippen LogP contribution in [0.4, 0.5) is 19.0 Å². The summed E-state index contributed by atoms with van der Waals surface area (Å²) in [6, 6.07) is 4.99. The highest BCUT2D eigenvalue weighted by Crippen LogP contribution is 2.34. The lowest BCUT2D eigenvalue weighted by Crippen LogP contribution is -2.56. The second kappa shape index (κ2) is 12.7. The van der Waals surface area contributed by atoms with E-state index < -0.39 is 30.0 Å². The molecule has 3 aromatic rings. The van der Waals surface area contributed by atoms with Crippen molar-refractivity contribution in [2.24, 2.45) is 0 Å². The number of imidazole rings is 1. The number of carbonyl (C=O) groups excluding carboxylic acids is 2. The number of hydrogen-bond acceptors (Lipinski definition) is 8. The molecule has 1 atom stereocenters. The Hall–Kier alpha value is -3.91. The summed E-state index contributed by atoms with van der Waals surface area (Å²) in [5, 5.41) is 15.2. The molecule has 0 saturated heterocycles. The van der Waals surface area contributed by atoms with Crippen molar-refractivity contribution < 1.29 is 37.3 Å². The minimum absolute atomic E-state index is 0.0667. The number of aliphatic hydroxyl groups excluding tert-OH is 1. The second-order valence-electron chi connectivity index (χ2n) is 9.51. The second-order valence-corrected chi connectivity index (χ2v) is 9.51. The smallest absolute Gasteiger partial charge is 0.416 e. The molecule has 1 N–H and O–H groups in total. The Bertz CT molecular complexity index is 1370. The van der Waals surface area contributed by atoms with Gasteiger partial charge in [0, 0.05) is 25.7 Å². The van der Waals surface area contributed by atoms with Crippen molar-refractivity contribution in [3.63, 3.8) is 0 Å². The van der Waals surface area contributed by atoms with Crippen LogP contribution in [0.3, 0.4) is 0 Å².